The van der Waals surface area contributed by atoms with Gasteiger partial charge in [0.2, 0.25) is 5.69 Å². The average Bonchev–Trinajstić information content (AvgIpc) is 3.12. The van der Waals surface area contributed by atoms with E-state index in [-0.39, 0.29) is 0 Å². The summed E-state index contributed by atoms with van der Waals surface area (Å²) in [6.07, 6.45) is 2.20. The second-order valence-corrected chi connectivity index (χ2v) is 9.68. The third kappa shape index (κ3) is 3.06. The van der Waals surface area contributed by atoms with Crippen molar-refractivity contribution in [1.29, 1.82) is 0 Å². The van der Waals surface area contributed by atoms with Gasteiger partial charge < -0.3 is 4.57 Å². The number of benzene rings is 4. The molecule has 2 aromatic heterocycles. The summed E-state index contributed by atoms with van der Waals surface area (Å²) in [7, 11) is 4.35. The highest BCUT2D eigenvalue weighted by Gasteiger charge is 2.23. The van der Waals surface area contributed by atoms with E-state index in [9.17, 15) is 0 Å². The van der Waals surface area contributed by atoms with Crippen molar-refractivity contribution in [2.75, 3.05) is 0 Å². The second kappa shape index (κ2) is 7.56. The fourth-order valence-corrected chi connectivity index (χ4v) is 5.50. The Morgan fingerprint density at radius 1 is 0.676 bits per heavy atom. The predicted molar refractivity (Wildman–Crippen MR) is 144 cm³/mol. The molecule has 166 valence electrons. The normalized spacial score (nSPS) is 11.7. The molecule has 0 saturated carbocycles. The Hall–Kier alpha value is -3.91. The van der Waals surface area contributed by atoms with E-state index in [2.05, 4.69) is 129 Å². The van der Waals surface area contributed by atoms with E-state index < -0.39 is 0 Å². The van der Waals surface area contributed by atoms with Gasteiger partial charge in [-0.2, -0.15) is 4.57 Å². The molecule has 2 nitrogen and oxygen atoms in total. The summed E-state index contributed by atoms with van der Waals surface area (Å²) in [5, 5.41) is 5.22. The van der Waals surface area contributed by atoms with E-state index in [4.69, 9.17) is 0 Å². The number of pyridine rings is 1. The molecule has 0 radical (unpaired) electrons. The van der Waals surface area contributed by atoms with Gasteiger partial charge in [-0.05, 0) is 66.4 Å². The number of aromatic nitrogens is 2. The molecule has 34 heavy (non-hydrogen) atoms. The first-order valence-corrected chi connectivity index (χ1v) is 11.9. The van der Waals surface area contributed by atoms with Crippen LogP contribution in [0.25, 0.3) is 55.0 Å². The summed E-state index contributed by atoms with van der Waals surface area (Å²) >= 11 is 0. The van der Waals surface area contributed by atoms with Crippen molar-refractivity contribution in [2.24, 2.45) is 14.1 Å². The van der Waals surface area contributed by atoms with Crippen LogP contribution in [-0.2, 0) is 14.1 Å². The zero-order valence-electron chi connectivity index (χ0n) is 20.5. The molecular weight excluding hydrogens is 412 g/mol. The van der Waals surface area contributed by atoms with Gasteiger partial charge in [0.25, 0.3) is 0 Å². The molecule has 0 aliphatic heterocycles. The van der Waals surface area contributed by atoms with Crippen molar-refractivity contribution < 1.29 is 4.57 Å². The molecule has 0 saturated heterocycles. The minimum atomic E-state index is 1.26. The molecular formula is C32H29N2+. The Balaban J connectivity index is 1.66. The lowest BCUT2D eigenvalue weighted by molar-refractivity contribution is -0.659. The van der Waals surface area contributed by atoms with Crippen LogP contribution in [0.15, 0.2) is 85.1 Å². The molecule has 0 unspecified atom stereocenters. The van der Waals surface area contributed by atoms with Crippen LogP contribution in [0, 0.1) is 20.8 Å². The monoisotopic (exact) mass is 441 g/mol. The molecule has 0 fully saturated rings. The molecule has 0 bridgehead atoms. The number of hydrogen-bond donors (Lipinski definition) is 0. The van der Waals surface area contributed by atoms with Gasteiger partial charge in [-0.1, -0.05) is 65.7 Å². The van der Waals surface area contributed by atoms with Gasteiger partial charge in [0.15, 0.2) is 6.20 Å². The van der Waals surface area contributed by atoms with E-state index in [0.717, 1.165) is 0 Å². The lowest BCUT2D eigenvalue weighted by Crippen LogP contribution is -2.31. The lowest BCUT2D eigenvalue weighted by Gasteiger charge is -2.08. The summed E-state index contributed by atoms with van der Waals surface area (Å²) in [5.74, 6) is 0. The first kappa shape index (κ1) is 20.7. The van der Waals surface area contributed by atoms with Crippen LogP contribution in [0.3, 0.4) is 0 Å². The highest BCUT2D eigenvalue weighted by molar-refractivity contribution is 6.22. The van der Waals surface area contributed by atoms with Crippen LogP contribution in [0.4, 0.5) is 0 Å². The summed E-state index contributed by atoms with van der Waals surface area (Å²) in [6.45, 7) is 6.50. The first-order valence-electron chi connectivity index (χ1n) is 11.9. The van der Waals surface area contributed by atoms with Crippen molar-refractivity contribution in [3.8, 4) is 22.4 Å². The zero-order valence-corrected chi connectivity index (χ0v) is 20.5. The topological polar surface area (TPSA) is 8.81 Å². The van der Waals surface area contributed by atoms with Crippen LogP contribution in [0.1, 0.15) is 16.7 Å². The molecule has 0 aliphatic carbocycles. The van der Waals surface area contributed by atoms with Crippen LogP contribution in [0.5, 0.6) is 0 Å². The number of fused-ring (bicyclic) bond motifs is 5. The number of nitrogens with zero attached hydrogens (tertiary/aromatic N) is 2. The highest BCUT2D eigenvalue weighted by Crippen LogP contribution is 2.39. The van der Waals surface area contributed by atoms with E-state index in [1.54, 1.807) is 0 Å². The van der Waals surface area contributed by atoms with E-state index in [1.165, 1.54) is 71.7 Å². The fraction of sp³-hybridized carbons (Fsp3) is 0.156. The maximum atomic E-state index is 2.37. The standard InChI is InChI=1S/C32H29N2/c1-20-6-9-23(10-7-20)24-11-14-27-25(19-24)12-15-29-30(27)28-16-17-33(4)31(32(28)34(29)5)26-13-8-21(2)18-22(26)3/h6-19H,1-5H3/q+1. The number of hydrogen-bond acceptors (Lipinski definition) is 0. The molecule has 0 N–H and O–H groups in total. The first-order chi connectivity index (χ1) is 16.4. The Labute approximate surface area is 200 Å². The van der Waals surface area contributed by atoms with Crippen molar-refractivity contribution in [2.45, 2.75) is 20.8 Å². The van der Waals surface area contributed by atoms with Gasteiger partial charge in [-0.25, -0.2) is 0 Å². The Kier molecular flexibility index (Phi) is 4.60. The minimum Gasteiger partial charge on any atom is -0.338 e. The third-order valence-corrected chi connectivity index (χ3v) is 7.28. The Morgan fingerprint density at radius 2 is 1.41 bits per heavy atom. The Morgan fingerprint density at radius 3 is 2.18 bits per heavy atom. The maximum absolute atomic E-state index is 2.37. The van der Waals surface area contributed by atoms with Crippen LogP contribution in [-0.4, -0.2) is 4.57 Å². The van der Waals surface area contributed by atoms with Gasteiger partial charge >= 0.3 is 0 Å². The molecule has 6 rings (SSSR count). The van der Waals surface area contributed by atoms with E-state index in [0.29, 0.717) is 0 Å². The van der Waals surface area contributed by atoms with Gasteiger partial charge in [-0.15, -0.1) is 0 Å². The second-order valence-electron chi connectivity index (χ2n) is 9.68. The van der Waals surface area contributed by atoms with Gasteiger partial charge in [0, 0.05) is 29.4 Å². The fourth-order valence-electron chi connectivity index (χ4n) is 5.50. The van der Waals surface area contributed by atoms with Crippen molar-refractivity contribution in [1.82, 2.24) is 4.57 Å². The van der Waals surface area contributed by atoms with Crippen molar-refractivity contribution in [3.05, 3.63) is 102 Å². The van der Waals surface area contributed by atoms with E-state index >= 15 is 0 Å². The summed E-state index contributed by atoms with van der Waals surface area (Å²) in [5.41, 5.74) is 11.5. The molecule has 0 atom stereocenters. The molecule has 0 spiro atoms. The zero-order chi connectivity index (χ0) is 23.6. The molecule has 4 aromatic carbocycles. The largest absolute Gasteiger partial charge is 0.338 e. The predicted octanol–water partition coefficient (Wildman–Crippen LogP) is 7.57. The quantitative estimate of drug-likeness (QED) is 0.245. The van der Waals surface area contributed by atoms with Gasteiger partial charge in [0.1, 0.15) is 12.6 Å². The van der Waals surface area contributed by atoms with Crippen LogP contribution < -0.4 is 4.57 Å². The lowest BCUT2D eigenvalue weighted by atomic mass is 9.97. The molecule has 6 aromatic rings. The molecule has 0 amide bonds. The Bertz CT molecular complexity index is 1730. The third-order valence-electron chi connectivity index (χ3n) is 7.28. The van der Waals surface area contributed by atoms with E-state index in [1.807, 2.05) is 0 Å². The molecule has 2 heterocycles. The number of aryl methyl sites for hydroxylation is 5. The summed E-state index contributed by atoms with van der Waals surface area (Å²) in [6, 6.07) is 29.3. The smallest absolute Gasteiger partial charge is 0.237 e. The minimum absolute atomic E-state index is 1.26. The summed E-state index contributed by atoms with van der Waals surface area (Å²) in [4.78, 5) is 0. The molecule has 0 aliphatic rings. The van der Waals surface area contributed by atoms with Crippen molar-refractivity contribution in [3.63, 3.8) is 0 Å². The van der Waals surface area contributed by atoms with Crippen LogP contribution in [0.2, 0.25) is 0 Å². The van der Waals surface area contributed by atoms with Gasteiger partial charge in [0.05, 0.1) is 5.56 Å². The molecule has 2 heteroatoms. The SMILES string of the molecule is Cc1ccc(-c2ccc3c(ccc4c3c3cc[n+](C)c(-c5ccc(C)cc5C)c3n4C)c2)cc1. The number of rotatable bonds is 2. The average molecular weight is 442 g/mol. The summed E-state index contributed by atoms with van der Waals surface area (Å²) < 4.78 is 4.63. The van der Waals surface area contributed by atoms with Crippen LogP contribution >= 0.6 is 0 Å². The highest BCUT2D eigenvalue weighted by atomic mass is 15.0. The maximum Gasteiger partial charge on any atom is 0.237 e. The van der Waals surface area contributed by atoms with Crippen molar-refractivity contribution >= 4 is 32.6 Å². The van der Waals surface area contributed by atoms with Gasteiger partial charge in [-0.3, -0.25) is 0 Å².